The number of carbonyl (C=O) groups is 1. The third-order valence-corrected chi connectivity index (χ3v) is 6.08. The van der Waals surface area contributed by atoms with Gasteiger partial charge in [0.05, 0.1) is 16.3 Å². The molecule has 7 nitrogen and oxygen atoms in total. The van der Waals surface area contributed by atoms with Crippen molar-refractivity contribution in [3.05, 3.63) is 51.7 Å². The van der Waals surface area contributed by atoms with Crippen molar-refractivity contribution < 1.29 is 22.7 Å². The third-order valence-electron chi connectivity index (χ3n) is 5.17. The first-order valence-electron chi connectivity index (χ1n) is 10.0. The van der Waals surface area contributed by atoms with E-state index >= 15 is 0 Å². The van der Waals surface area contributed by atoms with Gasteiger partial charge in [-0.2, -0.15) is 0 Å². The van der Waals surface area contributed by atoms with Gasteiger partial charge in [-0.15, -0.1) is 0 Å². The van der Waals surface area contributed by atoms with Crippen LogP contribution in [0.4, 0.5) is 0 Å². The Morgan fingerprint density at radius 2 is 1.73 bits per heavy atom. The number of benzene rings is 2. The lowest BCUT2D eigenvalue weighted by molar-refractivity contribution is 0.0697. The summed E-state index contributed by atoms with van der Waals surface area (Å²) in [7, 11) is -4.13. The Kier molecular flexibility index (Phi) is 6.58. The smallest absolute Gasteiger partial charge is 0.335 e. The van der Waals surface area contributed by atoms with Gasteiger partial charge in [0.15, 0.2) is 5.58 Å². The number of primary sulfonamides is 1. The van der Waals surface area contributed by atoms with Crippen molar-refractivity contribution >= 4 is 37.9 Å². The fraction of sp³-hybridized carbons (Fsp3) is 0.364. The van der Waals surface area contributed by atoms with E-state index in [1.54, 1.807) is 6.07 Å². The van der Waals surface area contributed by atoms with E-state index in [0.29, 0.717) is 12.0 Å². The number of carboxylic acid groups (broad SMARTS) is 1. The van der Waals surface area contributed by atoms with Crippen LogP contribution in [0, 0.1) is 0 Å². The number of rotatable bonds is 9. The number of aromatic carboxylic acids is 1. The minimum absolute atomic E-state index is 0.0518. The number of hydrogen-bond acceptors (Lipinski definition) is 5. The molecular formula is C22H25NO6S. The van der Waals surface area contributed by atoms with E-state index < -0.39 is 21.4 Å². The van der Waals surface area contributed by atoms with Crippen molar-refractivity contribution in [1.82, 2.24) is 0 Å². The van der Waals surface area contributed by atoms with Gasteiger partial charge in [-0.1, -0.05) is 39.0 Å². The molecule has 0 aliphatic rings. The van der Waals surface area contributed by atoms with Crippen LogP contribution in [-0.4, -0.2) is 19.5 Å². The van der Waals surface area contributed by atoms with Crippen LogP contribution in [0.3, 0.4) is 0 Å². The van der Waals surface area contributed by atoms with Crippen LogP contribution in [0.25, 0.3) is 21.9 Å². The van der Waals surface area contributed by atoms with E-state index in [9.17, 15) is 23.1 Å². The minimum Gasteiger partial charge on any atom is -0.478 e. The van der Waals surface area contributed by atoms with Crippen molar-refractivity contribution in [2.24, 2.45) is 5.14 Å². The van der Waals surface area contributed by atoms with Gasteiger partial charge >= 0.3 is 5.97 Å². The standard InChI is InChI=1S/C22H25NO6S/c1-2-3-4-5-6-7-8-14-11-17-20(24)16-13-15(22(25)26)9-10-18(16)29-21(17)19(12-14)30(23,27)28/h9-13H,2-8H2,1H3,(H,25,26)(H2,23,27,28). The van der Waals surface area contributed by atoms with Crippen LogP contribution in [-0.2, 0) is 16.4 Å². The molecular weight excluding hydrogens is 406 g/mol. The Labute approximate surface area is 174 Å². The first kappa shape index (κ1) is 22.0. The SMILES string of the molecule is CCCCCCCCc1cc(S(N)(=O)=O)c2oc3ccc(C(=O)O)cc3c(=O)c2c1. The summed E-state index contributed by atoms with van der Waals surface area (Å²) in [5.41, 5.74) is 0.145. The van der Waals surface area contributed by atoms with Crippen LogP contribution in [0.5, 0.6) is 0 Å². The van der Waals surface area contributed by atoms with E-state index in [-0.39, 0.29) is 32.4 Å². The van der Waals surface area contributed by atoms with Gasteiger partial charge in [0.1, 0.15) is 10.5 Å². The average Bonchev–Trinajstić information content (AvgIpc) is 2.69. The normalized spacial score (nSPS) is 11.9. The predicted octanol–water partition coefficient (Wildman–Crippen LogP) is 4.19. The maximum Gasteiger partial charge on any atom is 0.335 e. The maximum atomic E-state index is 13.1. The summed E-state index contributed by atoms with van der Waals surface area (Å²) in [5, 5.41) is 14.7. The predicted molar refractivity (Wildman–Crippen MR) is 115 cm³/mol. The second-order valence-corrected chi connectivity index (χ2v) is 9.01. The van der Waals surface area contributed by atoms with E-state index in [1.165, 1.54) is 30.7 Å². The molecule has 8 heteroatoms. The van der Waals surface area contributed by atoms with Crippen LogP contribution in [0.15, 0.2) is 44.4 Å². The van der Waals surface area contributed by atoms with Gasteiger partial charge in [-0.3, -0.25) is 4.79 Å². The van der Waals surface area contributed by atoms with Gasteiger partial charge in [0.2, 0.25) is 15.5 Å². The minimum atomic E-state index is -4.13. The molecule has 0 aliphatic heterocycles. The fourth-order valence-corrected chi connectivity index (χ4v) is 4.31. The quantitative estimate of drug-likeness (QED) is 0.386. The van der Waals surface area contributed by atoms with Gasteiger partial charge < -0.3 is 9.52 Å². The van der Waals surface area contributed by atoms with Crippen molar-refractivity contribution in [2.75, 3.05) is 0 Å². The van der Waals surface area contributed by atoms with Gasteiger partial charge in [0, 0.05) is 0 Å². The number of sulfonamides is 1. The highest BCUT2D eigenvalue weighted by molar-refractivity contribution is 7.89. The number of fused-ring (bicyclic) bond motifs is 2. The molecule has 0 radical (unpaired) electrons. The zero-order valence-electron chi connectivity index (χ0n) is 16.8. The molecule has 3 rings (SSSR count). The Morgan fingerprint density at radius 3 is 2.40 bits per heavy atom. The molecule has 2 aromatic carbocycles. The average molecular weight is 432 g/mol. The third kappa shape index (κ3) is 4.71. The lowest BCUT2D eigenvalue weighted by Gasteiger charge is -2.10. The molecule has 0 fully saturated rings. The number of unbranched alkanes of at least 4 members (excludes halogenated alkanes) is 5. The summed E-state index contributed by atoms with van der Waals surface area (Å²) in [6.45, 7) is 2.15. The second kappa shape index (κ2) is 8.97. The molecule has 0 atom stereocenters. The Bertz CT molecular complexity index is 1260. The molecule has 1 heterocycles. The van der Waals surface area contributed by atoms with Crippen LogP contribution in [0.1, 0.15) is 61.4 Å². The number of nitrogens with two attached hydrogens (primary N) is 1. The van der Waals surface area contributed by atoms with E-state index in [4.69, 9.17) is 9.56 Å². The van der Waals surface area contributed by atoms with Gasteiger partial charge in [-0.25, -0.2) is 18.4 Å². The summed E-state index contributed by atoms with van der Waals surface area (Å²) < 4.78 is 30.0. The molecule has 3 aromatic rings. The molecule has 0 spiro atoms. The summed E-state index contributed by atoms with van der Waals surface area (Å²) >= 11 is 0. The molecule has 0 bridgehead atoms. The molecule has 160 valence electrons. The Hall–Kier alpha value is -2.71. The Balaban J connectivity index is 2.09. The summed E-state index contributed by atoms with van der Waals surface area (Å²) in [6.07, 6.45) is 7.11. The highest BCUT2D eigenvalue weighted by Gasteiger charge is 2.20. The molecule has 0 saturated heterocycles. The monoisotopic (exact) mass is 431 g/mol. The van der Waals surface area contributed by atoms with Crippen molar-refractivity contribution in [3.63, 3.8) is 0 Å². The van der Waals surface area contributed by atoms with Gasteiger partial charge in [0.25, 0.3) is 0 Å². The second-order valence-electron chi connectivity index (χ2n) is 7.48. The Morgan fingerprint density at radius 1 is 1.03 bits per heavy atom. The van der Waals surface area contributed by atoms with Crippen molar-refractivity contribution in [2.45, 2.75) is 56.8 Å². The first-order valence-corrected chi connectivity index (χ1v) is 11.6. The van der Waals surface area contributed by atoms with Crippen molar-refractivity contribution in [1.29, 1.82) is 0 Å². The number of carboxylic acids is 1. The number of hydrogen-bond donors (Lipinski definition) is 2. The van der Waals surface area contributed by atoms with Gasteiger partial charge in [-0.05, 0) is 48.7 Å². The molecule has 1 aromatic heterocycles. The lowest BCUT2D eigenvalue weighted by atomic mass is 10.0. The van der Waals surface area contributed by atoms with Crippen molar-refractivity contribution in [3.8, 4) is 0 Å². The first-order chi connectivity index (χ1) is 14.2. The highest BCUT2D eigenvalue weighted by atomic mass is 32.2. The lowest BCUT2D eigenvalue weighted by Crippen LogP contribution is -2.15. The fourth-order valence-electron chi connectivity index (χ4n) is 3.58. The largest absolute Gasteiger partial charge is 0.478 e. The maximum absolute atomic E-state index is 13.1. The summed E-state index contributed by atoms with van der Waals surface area (Å²) in [5.74, 6) is -1.17. The molecule has 0 aliphatic carbocycles. The van der Waals surface area contributed by atoms with E-state index in [0.717, 1.165) is 32.1 Å². The molecule has 0 saturated carbocycles. The summed E-state index contributed by atoms with van der Waals surface area (Å²) in [4.78, 5) is 24.1. The molecule has 30 heavy (non-hydrogen) atoms. The molecule has 3 N–H and O–H groups in total. The van der Waals surface area contributed by atoms with Crippen LogP contribution < -0.4 is 10.6 Å². The van der Waals surface area contributed by atoms with E-state index in [2.05, 4.69) is 6.92 Å². The zero-order valence-corrected chi connectivity index (χ0v) is 17.6. The summed E-state index contributed by atoms with van der Waals surface area (Å²) in [6, 6.07) is 6.96. The van der Waals surface area contributed by atoms with E-state index in [1.807, 2.05) is 0 Å². The van der Waals surface area contributed by atoms with Crippen LogP contribution >= 0.6 is 0 Å². The molecule has 0 amide bonds. The highest BCUT2D eigenvalue weighted by Crippen LogP contribution is 2.27. The number of aryl methyl sites for hydroxylation is 1. The zero-order chi connectivity index (χ0) is 21.9. The topological polar surface area (TPSA) is 128 Å². The molecule has 0 unspecified atom stereocenters. The van der Waals surface area contributed by atoms with Crippen LogP contribution in [0.2, 0.25) is 0 Å².